The van der Waals surface area contributed by atoms with Gasteiger partial charge in [0, 0.05) is 6.54 Å². The first-order valence-electron chi connectivity index (χ1n) is 13.2. The number of fused-ring (bicyclic) bond motifs is 1. The molecule has 5 aromatic rings. The van der Waals surface area contributed by atoms with Crippen LogP contribution in [0, 0.1) is 17.8 Å². The lowest BCUT2D eigenvalue weighted by molar-refractivity contribution is -0.118. The van der Waals surface area contributed by atoms with E-state index in [2.05, 4.69) is 5.32 Å². The smallest absolute Gasteiger partial charge is 0.278 e. The second-order valence-electron chi connectivity index (χ2n) is 9.59. The third-order valence-electron chi connectivity index (χ3n) is 6.74. The minimum atomic E-state index is -0.219. The van der Waals surface area contributed by atoms with Crippen LogP contribution in [0.15, 0.2) is 76.7 Å². The molecule has 5 rings (SSSR count). The zero-order valence-electron chi connectivity index (χ0n) is 23.7. The number of methoxy groups -OCH3 is 2. The highest BCUT2D eigenvalue weighted by Gasteiger charge is 2.20. The minimum absolute atomic E-state index is 0.0883. The predicted octanol–water partition coefficient (Wildman–Crippen LogP) is 6.05. The highest BCUT2D eigenvalue weighted by atomic mass is 32.2. The molecule has 0 bridgehead atoms. The van der Waals surface area contributed by atoms with Crippen molar-refractivity contribution >= 4 is 51.6 Å². The van der Waals surface area contributed by atoms with Gasteiger partial charge in [0.2, 0.25) is 5.91 Å². The topological polar surface area (TPSA) is 87.4 Å². The molecule has 0 atom stereocenters. The molecule has 0 spiro atoms. The van der Waals surface area contributed by atoms with Gasteiger partial charge in [0.25, 0.3) is 5.56 Å². The van der Waals surface area contributed by atoms with Crippen molar-refractivity contribution in [1.82, 2.24) is 19.4 Å². The van der Waals surface area contributed by atoms with Crippen LogP contribution in [0.4, 0.5) is 0 Å². The fourth-order valence-electron chi connectivity index (χ4n) is 4.54. The number of thiazole rings is 1. The second kappa shape index (κ2) is 12.9. The van der Waals surface area contributed by atoms with E-state index in [0.29, 0.717) is 49.6 Å². The third kappa shape index (κ3) is 6.13. The van der Waals surface area contributed by atoms with Crippen molar-refractivity contribution in [2.75, 3.05) is 26.5 Å². The lowest BCUT2D eigenvalue weighted by Crippen LogP contribution is -2.28. The van der Waals surface area contributed by atoms with Crippen molar-refractivity contribution in [3.05, 3.63) is 97.7 Å². The van der Waals surface area contributed by atoms with Crippen LogP contribution in [0.2, 0.25) is 0 Å². The van der Waals surface area contributed by atoms with E-state index in [-0.39, 0.29) is 17.2 Å². The number of benzene rings is 3. The van der Waals surface area contributed by atoms with Gasteiger partial charge < -0.3 is 14.8 Å². The Morgan fingerprint density at radius 3 is 2.45 bits per heavy atom. The average molecular weight is 619 g/mol. The van der Waals surface area contributed by atoms with Gasteiger partial charge in [-0.25, -0.2) is 4.98 Å². The maximum Gasteiger partial charge on any atom is 0.278 e. The number of carbonyl (C=O) groups excluding carboxylic acids is 1. The van der Waals surface area contributed by atoms with Crippen molar-refractivity contribution in [2.24, 2.45) is 0 Å². The standard InChI is InChI=1S/C31H30N4O4S3/c1-19-9-12-22(13-10-19)34-29(37)27-28(35(31(40)42-27)23-8-6-5-7-20(23)2)33-30(34)41-18-26(36)32-16-15-21-11-14-24(38-3)25(17-21)39-4/h5-14,17H,15-16,18H2,1-4H3,(H,32,36). The number of nitrogens with one attached hydrogen (secondary N) is 1. The van der Waals surface area contributed by atoms with Gasteiger partial charge in [-0.15, -0.1) is 0 Å². The van der Waals surface area contributed by atoms with Gasteiger partial charge in [0.1, 0.15) is 4.70 Å². The number of hydrogen-bond acceptors (Lipinski definition) is 8. The number of aromatic nitrogens is 3. The molecule has 0 unspecified atom stereocenters. The summed E-state index contributed by atoms with van der Waals surface area (Å²) in [5.74, 6) is 1.23. The summed E-state index contributed by atoms with van der Waals surface area (Å²) in [6.07, 6.45) is 0.627. The van der Waals surface area contributed by atoms with Crippen LogP contribution in [0.25, 0.3) is 21.7 Å². The fraction of sp³-hybridized carbons (Fsp3) is 0.226. The number of amides is 1. The van der Waals surface area contributed by atoms with Gasteiger partial charge in [-0.3, -0.25) is 18.7 Å². The van der Waals surface area contributed by atoms with Crippen LogP contribution in [0.3, 0.4) is 0 Å². The Morgan fingerprint density at radius 2 is 1.74 bits per heavy atom. The lowest BCUT2D eigenvalue weighted by atomic mass is 10.1. The van der Waals surface area contributed by atoms with Gasteiger partial charge in [-0.05, 0) is 73.9 Å². The van der Waals surface area contributed by atoms with E-state index in [1.54, 1.807) is 18.8 Å². The first-order chi connectivity index (χ1) is 20.3. The number of aryl methyl sites for hydroxylation is 2. The SMILES string of the molecule is COc1ccc(CCNC(=O)CSc2nc3c(sc(=S)n3-c3ccccc3C)c(=O)n2-c2ccc(C)cc2)cc1OC. The molecule has 1 amide bonds. The third-order valence-corrected chi connectivity index (χ3v) is 9.03. The maximum absolute atomic E-state index is 13.9. The number of para-hydroxylation sites is 1. The van der Waals surface area contributed by atoms with Crippen molar-refractivity contribution in [3.63, 3.8) is 0 Å². The van der Waals surface area contributed by atoms with Crippen LogP contribution >= 0.6 is 35.3 Å². The van der Waals surface area contributed by atoms with Crippen molar-refractivity contribution < 1.29 is 14.3 Å². The number of ether oxygens (including phenoxy) is 2. The van der Waals surface area contributed by atoms with E-state index >= 15 is 0 Å². The van der Waals surface area contributed by atoms with E-state index in [1.165, 1.54) is 23.1 Å². The molecule has 0 radical (unpaired) electrons. The molecule has 0 aliphatic rings. The molecular formula is C31H30N4O4S3. The lowest BCUT2D eigenvalue weighted by Gasteiger charge is -2.14. The van der Waals surface area contributed by atoms with E-state index < -0.39 is 0 Å². The summed E-state index contributed by atoms with van der Waals surface area (Å²) in [4.78, 5) is 31.8. The summed E-state index contributed by atoms with van der Waals surface area (Å²) in [6, 6.07) is 21.2. The van der Waals surface area contributed by atoms with Crippen LogP contribution in [-0.4, -0.2) is 46.5 Å². The monoisotopic (exact) mass is 618 g/mol. The largest absolute Gasteiger partial charge is 0.493 e. The number of hydrogen-bond donors (Lipinski definition) is 1. The van der Waals surface area contributed by atoms with Crippen molar-refractivity contribution in [2.45, 2.75) is 25.4 Å². The summed E-state index contributed by atoms with van der Waals surface area (Å²) in [7, 11) is 3.19. The fourth-order valence-corrected chi connectivity index (χ4v) is 6.67. The molecule has 0 aliphatic carbocycles. The van der Waals surface area contributed by atoms with Crippen molar-refractivity contribution in [3.8, 4) is 22.9 Å². The van der Waals surface area contributed by atoms with Gasteiger partial charge >= 0.3 is 0 Å². The average Bonchev–Trinajstić information content (AvgIpc) is 3.32. The van der Waals surface area contributed by atoms with Crippen molar-refractivity contribution in [1.29, 1.82) is 0 Å². The number of nitrogens with zero attached hydrogens (tertiary/aromatic N) is 3. The van der Waals surface area contributed by atoms with Gasteiger partial charge in [-0.1, -0.05) is 65.1 Å². The highest BCUT2D eigenvalue weighted by Crippen LogP contribution is 2.29. The van der Waals surface area contributed by atoms with Gasteiger partial charge in [0.05, 0.1) is 31.3 Å². The molecule has 2 heterocycles. The Morgan fingerprint density at radius 1 is 1.00 bits per heavy atom. The van der Waals surface area contributed by atoms with E-state index in [1.807, 2.05) is 85.1 Å². The molecule has 3 aromatic carbocycles. The first-order valence-corrected chi connectivity index (χ1v) is 15.4. The molecule has 1 N–H and O–H groups in total. The van der Waals surface area contributed by atoms with Gasteiger partial charge in [0.15, 0.2) is 26.3 Å². The van der Waals surface area contributed by atoms with Crippen LogP contribution in [-0.2, 0) is 11.2 Å². The Hall–Kier alpha value is -3.93. The number of thioether (sulfide) groups is 1. The number of rotatable bonds is 10. The molecular weight excluding hydrogens is 589 g/mol. The molecule has 8 nitrogen and oxygen atoms in total. The molecule has 2 aromatic heterocycles. The van der Waals surface area contributed by atoms with Crippen LogP contribution in [0.1, 0.15) is 16.7 Å². The zero-order chi connectivity index (χ0) is 29.8. The van der Waals surface area contributed by atoms with E-state index in [0.717, 1.165) is 22.4 Å². The first kappa shape index (κ1) is 29.6. The molecule has 42 heavy (non-hydrogen) atoms. The molecule has 0 fully saturated rings. The summed E-state index contributed by atoms with van der Waals surface area (Å²) < 4.78 is 15.1. The van der Waals surface area contributed by atoms with Gasteiger partial charge in [-0.2, -0.15) is 0 Å². The summed E-state index contributed by atoms with van der Waals surface area (Å²) in [6.45, 7) is 4.43. The molecule has 0 aliphatic heterocycles. The molecule has 216 valence electrons. The second-order valence-corrected chi connectivity index (χ2v) is 12.2. The Balaban J connectivity index is 1.43. The normalized spacial score (nSPS) is 11.0. The van der Waals surface area contributed by atoms with Crippen LogP contribution < -0.4 is 20.3 Å². The van der Waals surface area contributed by atoms with E-state index in [4.69, 9.17) is 26.7 Å². The molecule has 11 heteroatoms. The minimum Gasteiger partial charge on any atom is -0.493 e. The quantitative estimate of drug-likeness (QED) is 0.116. The Bertz CT molecular complexity index is 1880. The van der Waals surface area contributed by atoms with E-state index in [9.17, 15) is 9.59 Å². The Kier molecular flexibility index (Phi) is 9.10. The van der Waals surface area contributed by atoms with Crippen LogP contribution in [0.5, 0.6) is 11.5 Å². The predicted molar refractivity (Wildman–Crippen MR) is 172 cm³/mol. The number of carbonyl (C=O) groups is 1. The highest BCUT2D eigenvalue weighted by molar-refractivity contribution is 7.99. The molecule has 0 saturated heterocycles. The summed E-state index contributed by atoms with van der Waals surface area (Å²) in [5.41, 5.74) is 4.92. The maximum atomic E-state index is 13.9. The Labute approximate surface area is 257 Å². The zero-order valence-corrected chi connectivity index (χ0v) is 26.1. The summed E-state index contributed by atoms with van der Waals surface area (Å²) >= 11 is 8.17. The summed E-state index contributed by atoms with van der Waals surface area (Å²) in [5, 5.41) is 3.39. The molecule has 0 saturated carbocycles.